The first-order valence-corrected chi connectivity index (χ1v) is 6.78. The fraction of sp³-hybridized carbons (Fsp3) is 0.294. The van der Waals surface area contributed by atoms with Crippen LogP contribution in [0.1, 0.15) is 25.3 Å². The minimum Gasteiger partial charge on any atom is -0.457 e. The van der Waals surface area contributed by atoms with E-state index in [0.717, 1.165) is 29.9 Å². The maximum atomic E-state index is 9.84. The Hall–Kier alpha value is -1.80. The van der Waals surface area contributed by atoms with E-state index >= 15 is 0 Å². The predicted octanol–water partition coefficient (Wildman–Crippen LogP) is 4.18. The van der Waals surface area contributed by atoms with Crippen LogP contribution in [0.3, 0.4) is 0 Å². The summed E-state index contributed by atoms with van der Waals surface area (Å²) in [6.07, 6.45) is 2.25. The van der Waals surface area contributed by atoms with Crippen molar-refractivity contribution in [2.45, 2.75) is 32.3 Å². The Balaban J connectivity index is 2.03. The molecule has 2 aromatic carbocycles. The van der Waals surface area contributed by atoms with E-state index in [1.807, 2.05) is 54.6 Å². The van der Waals surface area contributed by atoms with Crippen LogP contribution in [0.25, 0.3) is 0 Å². The summed E-state index contributed by atoms with van der Waals surface area (Å²) in [5.74, 6) is 1.64. The number of hydrogen-bond acceptors (Lipinski definition) is 2. The molecule has 2 heteroatoms. The van der Waals surface area contributed by atoms with Gasteiger partial charge in [-0.25, -0.2) is 0 Å². The van der Waals surface area contributed by atoms with E-state index in [0.29, 0.717) is 6.42 Å². The molecule has 0 bridgehead atoms. The number of aliphatic hydroxyl groups is 1. The first kappa shape index (κ1) is 13.6. The molecule has 1 N–H and O–H groups in total. The third-order valence-corrected chi connectivity index (χ3v) is 2.97. The Morgan fingerprint density at radius 1 is 1.00 bits per heavy atom. The molecule has 0 aromatic heterocycles. The lowest BCUT2D eigenvalue weighted by Crippen LogP contribution is -2.09. The molecule has 0 saturated carbocycles. The number of para-hydroxylation sites is 1. The summed E-state index contributed by atoms with van der Waals surface area (Å²) in [6, 6.07) is 17.6. The topological polar surface area (TPSA) is 29.5 Å². The number of rotatable bonds is 6. The average Bonchev–Trinajstić information content (AvgIpc) is 2.40. The number of ether oxygens (including phenoxy) is 1. The van der Waals surface area contributed by atoms with E-state index in [-0.39, 0.29) is 6.10 Å². The number of hydrogen-bond donors (Lipinski definition) is 1. The first-order chi connectivity index (χ1) is 9.28. The Morgan fingerprint density at radius 2 is 1.74 bits per heavy atom. The van der Waals surface area contributed by atoms with E-state index in [2.05, 4.69) is 6.92 Å². The van der Waals surface area contributed by atoms with Crippen LogP contribution in [0.15, 0.2) is 54.6 Å². The molecule has 2 aromatic rings. The van der Waals surface area contributed by atoms with Crippen molar-refractivity contribution in [3.8, 4) is 11.5 Å². The van der Waals surface area contributed by atoms with E-state index in [1.165, 1.54) is 0 Å². The maximum absolute atomic E-state index is 9.84. The molecular weight excluding hydrogens is 236 g/mol. The molecule has 1 unspecified atom stereocenters. The van der Waals surface area contributed by atoms with Gasteiger partial charge in [-0.3, -0.25) is 0 Å². The molecule has 0 amide bonds. The lowest BCUT2D eigenvalue weighted by Gasteiger charge is -2.11. The Kier molecular flexibility index (Phi) is 4.99. The van der Waals surface area contributed by atoms with E-state index in [9.17, 15) is 5.11 Å². The second-order valence-corrected chi connectivity index (χ2v) is 4.71. The first-order valence-electron chi connectivity index (χ1n) is 6.78. The Morgan fingerprint density at radius 3 is 2.47 bits per heavy atom. The zero-order valence-corrected chi connectivity index (χ0v) is 11.3. The van der Waals surface area contributed by atoms with Crippen molar-refractivity contribution < 1.29 is 9.84 Å². The minimum absolute atomic E-state index is 0.267. The molecule has 0 radical (unpaired) electrons. The van der Waals surface area contributed by atoms with Crippen molar-refractivity contribution in [1.82, 2.24) is 0 Å². The van der Waals surface area contributed by atoms with Gasteiger partial charge in [0.2, 0.25) is 0 Å². The molecule has 0 aliphatic rings. The van der Waals surface area contributed by atoms with Gasteiger partial charge in [-0.15, -0.1) is 0 Å². The molecule has 2 rings (SSSR count). The molecular formula is C17H20O2. The molecule has 0 aliphatic heterocycles. The maximum Gasteiger partial charge on any atom is 0.127 e. The molecule has 0 aliphatic carbocycles. The number of benzene rings is 2. The van der Waals surface area contributed by atoms with Crippen LogP contribution >= 0.6 is 0 Å². The highest BCUT2D eigenvalue weighted by Crippen LogP contribution is 2.22. The van der Waals surface area contributed by atoms with Gasteiger partial charge in [-0.1, -0.05) is 43.7 Å². The zero-order chi connectivity index (χ0) is 13.5. The standard InChI is InChI=1S/C17H20O2/c1-2-7-15(18)12-14-8-6-11-17(13-14)19-16-9-4-3-5-10-16/h3-6,8-11,13,15,18H,2,7,12H2,1H3. The average molecular weight is 256 g/mol. The van der Waals surface area contributed by atoms with Crippen molar-refractivity contribution in [1.29, 1.82) is 0 Å². The SMILES string of the molecule is CCCC(O)Cc1cccc(Oc2ccccc2)c1. The van der Waals surface area contributed by atoms with Crippen molar-refractivity contribution in [2.75, 3.05) is 0 Å². The normalized spacial score (nSPS) is 12.1. The number of aliphatic hydroxyl groups excluding tert-OH is 1. The molecule has 1 atom stereocenters. The Labute approximate surface area is 114 Å². The highest BCUT2D eigenvalue weighted by atomic mass is 16.5. The second kappa shape index (κ2) is 6.95. The third kappa shape index (κ3) is 4.42. The summed E-state index contributed by atoms with van der Waals surface area (Å²) < 4.78 is 5.78. The molecule has 19 heavy (non-hydrogen) atoms. The largest absolute Gasteiger partial charge is 0.457 e. The van der Waals surface area contributed by atoms with Gasteiger partial charge < -0.3 is 9.84 Å². The van der Waals surface area contributed by atoms with E-state index in [4.69, 9.17) is 4.74 Å². The molecule has 0 spiro atoms. The van der Waals surface area contributed by atoms with Gasteiger partial charge in [0.15, 0.2) is 0 Å². The van der Waals surface area contributed by atoms with Crippen molar-refractivity contribution >= 4 is 0 Å². The van der Waals surface area contributed by atoms with Gasteiger partial charge >= 0.3 is 0 Å². The summed E-state index contributed by atoms with van der Waals surface area (Å²) in [7, 11) is 0. The summed E-state index contributed by atoms with van der Waals surface area (Å²) in [6.45, 7) is 2.08. The lowest BCUT2D eigenvalue weighted by molar-refractivity contribution is 0.164. The van der Waals surface area contributed by atoms with Crippen LogP contribution in [0.5, 0.6) is 11.5 Å². The monoisotopic (exact) mass is 256 g/mol. The fourth-order valence-electron chi connectivity index (χ4n) is 2.07. The van der Waals surface area contributed by atoms with Gasteiger partial charge in [0.1, 0.15) is 11.5 Å². The van der Waals surface area contributed by atoms with Crippen molar-refractivity contribution in [3.05, 3.63) is 60.2 Å². The molecule has 2 nitrogen and oxygen atoms in total. The summed E-state index contributed by atoms with van der Waals surface area (Å²) in [5, 5.41) is 9.84. The van der Waals surface area contributed by atoms with Gasteiger partial charge in [-0.05, 0) is 42.7 Å². The minimum atomic E-state index is -0.267. The van der Waals surface area contributed by atoms with Gasteiger partial charge in [-0.2, -0.15) is 0 Å². The Bertz CT molecular complexity index is 494. The summed E-state index contributed by atoms with van der Waals surface area (Å²) in [4.78, 5) is 0. The third-order valence-electron chi connectivity index (χ3n) is 2.97. The molecule has 100 valence electrons. The molecule has 0 fully saturated rings. The fourth-order valence-corrected chi connectivity index (χ4v) is 2.07. The predicted molar refractivity (Wildman–Crippen MR) is 77.6 cm³/mol. The highest BCUT2D eigenvalue weighted by molar-refractivity contribution is 5.34. The van der Waals surface area contributed by atoms with Gasteiger partial charge in [0, 0.05) is 0 Å². The zero-order valence-electron chi connectivity index (χ0n) is 11.3. The van der Waals surface area contributed by atoms with Crippen LogP contribution in [0, 0.1) is 0 Å². The van der Waals surface area contributed by atoms with Crippen LogP contribution in [-0.4, -0.2) is 11.2 Å². The van der Waals surface area contributed by atoms with Crippen molar-refractivity contribution in [3.63, 3.8) is 0 Å². The molecule has 0 saturated heterocycles. The van der Waals surface area contributed by atoms with Gasteiger partial charge in [0.05, 0.1) is 6.10 Å². The van der Waals surface area contributed by atoms with Crippen LogP contribution in [0.4, 0.5) is 0 Å². The van der Waals surface area contributed by atoms with Gasteiger partial charge in [0.25, 0.3) is 0 Å². The van der Waals surface area contributed by atoms with E-state index < -0.39 is 0 Å². The highest BCUT2D eigenvalue weighted by Gasteiger charge is 2.05. The lowest BCUT2D eigenvalue weighted by atomic mass is 10.0. The van der Waals surface area contributed by atoms with Crippen LogP contribution in [-0.2, 0) is 6.42 Å². The van der Waals surface area contributed by atoms with Crippen LogP contribution < -0.4 is 4.74 Å². The summed E-state index contributed by atoms with van der Waals surface area (Å²) >= 11 is 0. The summed E-state index contributed by atoms with van der Waals surface area (Å²) in [5.41, 5.74) is 1.11. The smallest absolute Gasteiger partial charge is 0.127 e. The van der Waals surface area contributed by atoms with E-state index in [1.54, 1.807) is 0 Å². The quantitative estimate of drug-likeness (QED) is 0.840. The van der Waals surface area contributed by atoms with Crippen molar-refractivity contribution in [2.24, 2.45) is 0 Å². The second-order valence-electron chi connectivity index (χ2n) is 4.71. The van der Waals surface area contributed by atoms with Crippen LogP contribution in [0.2, 0.25) is 0 Å². The molecule has 0 heterocycles.